The second-order valence-electron chi connectivity index (χ2n) is 4.87. The lowest BCUT2D eigenvalue weighted by molar-refractivity contribution is 0.0986. The van der Waals surface area contributed by atoms with Crippen molar-refractivity contribution in [3.8, 4) is 11.4 Å². The summed E-state index contributed by atoms with van der Waals surface area (Å²) in [5, 5.41) is 16.1. The molecule has 10 heteroatoms. The van der Waals surface area contributed by atoms with Crippen LogP contribution in [0.1, 0.15) is 26.0 Å². The Kier molecular flexibility index (Phi) is 3.66. The minimum absolute atomic E-state index is 0.234. The molecular weight excluding hydrogens is 354 g/mol. The van der Waals surface area contributed by atoms with E-state index in [1.807, 2.05) is 13.2 Å². The minimum Gasteiger partial charge on any atom is -0.350 e. The SMILES string of the molecule is CSc1nnc(NC(=O)c2onc3c2CCc2sc(C)nc2-3)s1. The van der Waals surface area contributed by atoms with Gasteiger partial charge in [-0.3, -0.25) is 10.1 Å². The molecule has 4 rings (SSSR count). The van der Waals surface area contributed by atoms with Gasteiger partial charge in [-0.2, -0.15) is 0 Å². The number of fused-ring (bicyclic) bond motifs is 3. The monoisotopic (exact) mass is 365 g/mol. The largest absolute Gasteiger partial charge is 0.350 e. The number of thioether (sulfide) groups is 1. The minimum atomic E-state index is -0.349. The lowest BCUT2D eigenvalue weighted by Crippen LogP contribution is -2.14. The summed E-state index contributed by atoms with van der Waals surface area (Å²) < 4.78 is 6.10. The van der Waals surface area contributed by atoms with Crippen LogP contribution in [0, 0.1) is 6.92 Å². The van der Waals surface area contributed by atoms with E-state index >= 15 is 0 Å². The maximum absolute atomic E-state index is 12.4. The average Bonchev–Trinajstić information content (AvgIpc) is 3.22. The lowest BCUT2D eigenvalue weighted by atomic mass is 9.98. The van der Waals surface area contributed by atoms with Crippen molar-refractivity contribution in [2.24, 2.45) is 0 Å². The number of aromatic nitrogens is 4. The van der Waals surface area contributed by atoms with Gasteiger partial charge in [0.25, 0.3) is 5.91 Å². The first-order valence-corrected chi connectivity index (χ1v) is 9.65. The molecule has 7 nitrogen and oxygen atoms in total. The summed E-state index contributed by atoms with van der Waals surface area (Å²) in [5.41, 5.74) is 2.34. The standard InChI is InChI=1S/C13H11N5O2S3/c1-5-14-9-7(22-5)4-3-6-8(9)18-20-10(6)11(19)15-12-16-17-13(21-2)23-12/h3-4H2,1-2H3,(H,15,16,19). The Balaban J connectivity index is 1.64. The fourth-order valence-electron chi connectivity index (χ4n) is 2.46. The van der Waals surface area contributed by atoms with E-state index in [1.54, 1.807) is 11.3 Å². The van der Waals surface area contributed by atoms with E-state index in [0.29, 0.717) is 10.8 Å². The smallest absolute Gasteiger partial charge is 0.296 e. The molecule has 0 aliphatic heterocycles. The third kappa shape index (κ3) is 2.56. The van der Waals surface area contributed by atoms with Crippen molar-refractivity contribution in [1.29, 1.82) is 0 Å². The summed E-state index contributed by atoms with van der Waals surface area (Å²) in [5.74, 6) is -0.116. The van der Waals surface area contributed by atoms with Crippen molar-refractivity contribution in [3.05, 3.63) is 21.2 Å². The predicted octanol–water partition coefficient (Wildman–Crippen LogP) is 3.03. The summed E-state index contributed by atoms with van der Waals surface area (Å²) in [6, 6.07) is 0. The molecule has 0 atom stereocenters. The Morgan fingerprint density at radius 3 is 2.91 bits per heavy atom. The van der Waals surface area contributed by atoms with Gasteiger partial charge in [-0.25, -0.2) is 4.98 Å². The predicted molar refractivity (Wildman–Crippen MR) is 89.4 cm³/mol. The van der Waals surface area contributed by atoms with Gasteiger partial charge in [-0.15, -0.1) is 21.5 Å². The number of aryl methyl sites for hydroxylation is 2. The van der Waals surface area contributed by atoms with Crippen LogP contribution in [0.4, 0.5) is 5.13 Å². The number of carbonyl (C=O) groups is 1. The number of amides is 1. The van der Waals surface area contributed by atoms with E-state index in [0.717, 1.165) is 33.4 Å². The Morgan fingerprint density at radius 2 is 2.13 bits per heavy atom. The summed E-state index contributed by atoms with van der Waals surface area (Å²) in [6.07, 6.45) is 3.49. The van der Waals surface area contributed by atoms with Gasteiger partial charge in [0.2, 0.25) is 10.9 Å². The summed E-state index contributed by atoms with van der Waals surface area (Å²) in [7, 11) is 0. The van der Waals surface area contributed by atoms with Crippen LogP contribution < -0.4 is 5.32 Å². The molecule has 23 heavy (non-hydrogen) atoms. The molecule has 1 N–H and O–H groups in total. The van der Waals surface area contributed by atoms with Crippen LogP contribution in [0.15, 0.2) is 8.86 Å². The van der Waals surface area contributed by atoms with Crippen LogP contribution in [0.3, 0.4) is 0 Å². The van der Waals surface area contributed by atoms with E-state index in [1.165, 1.54) is 28.0 Å². The van der Waals surface area contributed by atoms with Crippen LogP contribution in [0.2, 0.25) is 0 Å². The molecule has 0 unspecified atom stereocenters. The highest BCUT2D eigenvalue weighted by molar-refractivity contribution is 8.00. The van der Waals surface area contributed by atoms with Crippen molar-refractivity contribution in [2.45, 2.75) is 24.1 Å². The van der Waals surface area contributed by atoms with Crippen molar-refractivity contribution >= 4 is 45.5 Å². The quantitative estimate of drug-likeness (QED) is 0.563. The number of nitrogens with zero attached hydrogens (tertiary/aromatic N) is 4. The van der Waals surface area contributed by atoms with Gasteiger partial charge in [0, 0.05) is 10.4 Å². The molecule has 0 spiro atoms. The number of carbonyl (C=O) groups excluding carboxylic acids is 1. The molecule has 0 aromatic carbocycles. The van der Waals surface area contributed by atoms with Gasteiger partial charge >= 0.3 is 0 Å². The highest BCUT2D eigenvalue weighted by atomic mass is 32.2. The molecule has 3 heterocycles. The highest BCUT2D eigenvalue weighted by Crippen LogP contribution is 2.37. The van der Waals surface area contributed by atoms with Crippen LogP contribution in [0.25, 0.3) is 11.4 Å². The highest BCUT2D eigenvalue weighted by Gasteiger charge is 2.30. The van der Waals surface area contributed by atoms with Gasteiger partial charge in [-0.05, 0) is 26.0 Å². The van der Waals surface area contributed by atoms with Crippen LogP contribution in [-0.4, -0.2) is 32.5 Å². The Bertz CT molecular complexity index is 897. The van der Waals surface area contributed by atoms with E-state index in [2.05, 4.69) is 25.7 Å². The van der Waals surface area contributed by atoms with Crippen LogP contribution >= 0.6 is 34.4 Å². The molecule has 1 amide bonds. The number of hydrogen-bond acceptors (Lipinski definition) is 9. The molecule has 0 fully saturated rings. The van der Waals surface area contributed by atoms with Gasteiger partial charge in [0.05, 0.1) is 5.01 Å². The molecule has 0 radical (unpaired) electrons. The molecule has 0 bridgehead atoms. The maximum atomic E-state index is 12.4. The van der Waals surface area contributed by atoms with Crippen LogP contribution in [-0.2, 0) is 12.8 Å². The van der Waals surface area contributed by atoms with Gasteiger partial charge in [-0.1, -0.05) is 28.3 Å². The van der Waals surface area contributed by atoms with E-state index in [4.69, 9.17) is 4.52 Å². The third-order valence-corrected chi connectivity index (χ3v) is 6.27. The van der Waals surface area contributed by atoms with E-state index in [-0.39, 0.29) is 11.7 Å². The number of anilines is 1. The maximum Gasteiger partial charge on any atom is 0.296 e. The molecule has 3 aromatic heterocycles. The first-order chi connectivity index (χ1) is 11.2. The second-order valence-corrected chi connectivity index (χ2v) is 8.19. The molecular formula is C13H11N5O2S3. The topological polar surface area (TPSA) is 93.8 Å². The average molecular weight is 365 g/mol. The number of hydrogen-bond donors (Lipinski definition) is 1. The normalized spacial score (nSPS) is 12.8. The Morgan fingerprint density at radius 1 is 1.26 bits per heavy atom. The van der Waals surface area contributed by atoms with Crippen LogP contribution in [0.5, 0.6) is 0 Å². The van der Waals surface area contributed by atoms with Gasteiger partial charge in [0.1, 0.15) is 11.4 Å². The van der Waals surface area contributed by atoms with Crippen molar-refractivity contribution in [1.82, 2.24) is 20.3 Å². The zero-order chi connectivity index (χ0) is 16.0. The number of rotatable bonds is 3. The molecule has 1 aliphatic carbocycles. The fourth-order valence-corrected chi connectivity index (χ4v) is 4.57. The van der Waals surface area contributed by atoms with E-state index < -0.39 is 0 Å². The molecule has 0 saturated carbocycles. The second kappa shape index (κ2) is 5.69. The van der Waals surface area contributed by atoms with Crippen molar-refractivity contribution in [3.63, 3.8) is 0 Å². The fraction of sp³-hybridized carbons (Fsp3) is 0.308. The first kappa shape index (κ1) is 14.8. The van der Waals surface area contributed by atoms with Gasteiger partial charge in [0.15, 0.2) is 4.34 Å². The summed E-state index contributed by atoms with van der Waals surface area (Å²) in [4.78, 5) is 18.1. The molecule has 118 valence electrons. The van der Waals surface area contributed by atoms with Crippen molar-refractivity contribution < 1.29 is 9.32 Å². The van der Waals surface area contributed by atoms with Gasteiger partial charge < -0.3 is 4.52 Å². The molecule has 1 aliphatic rings. The zero-order valence-electron chi connectivity index (χ0n) is 12.2. The number of nitrogens with one attached hydrogen (secondary N) is 1. The molecule has 0 saturated heterocycles. The molecule has 3 aromatic rings. The van der Waals surface area contributed by atoms with E-state index in [9.17, 15) is 4.79 Å². The Labute approximate surface area is 143 Å². The summed E-state index contributed by atoms with van der Waals surface area (Å²) >= 11 is 4.47. The summed E-state index contributed by atoms with van der Waals surface area (Å²) in [6.45, 7) is 1.97. The first-order valence-electron chi connectivity index (χ1n) is 6.79. The number of thiazole rings is 1. The zero-order valence-corrected chi connectivity index (χ0v) is 14.7. The third-order valence-electron chi connectivity index (χ3n) is 3.43. The lowest BCUT2D eigenvalue weighted by Gasteiger charge is -2.08. The Hall–Kier alpha value is -1.78. The van der Waals surface area contributed by atoms with Crippen molar-refractivity contribution in [2.75, 3.05) is 11.6 Å².